The molecule has 28 heavy (non-hydrogen) atoms. The number of aromatic nitrogens is 2. The van der Waals surface area contributed by atoms with Crippen molar-refractivity contribution in [2.24, 2.45) is 0 Å². The lowest BCUT2D eigenvalue weighted by Gasteiger charge is -2.29. The van der Waals surface area contributed by atoms with E-state index in [9.17, 15) is 13.2 Å². The van der Waals surface area contributed by atoms with Gasteiger partial charge < -0.3 is 14.5 Å². The molecular formula is C20H25F3N4O. The molecule has 152 valence electrons. The average molecular weight is 394 g/mol. The van der Waals surface area contributed by atoms with E-state index in [-0.39, 0.29) is 5.75 Å². The monoisotopic (exact) mass is 394 g/mol. The molecule has 0 amide bonds. The molecule has 1 aliphatic heterocycles. The highest BCUT2D eigenvalue weighted by molar-refractivity contribution is 5.39. The second-order valence-corrected chi connectivity index (χ2v) is 7.06. The fraction of sp³-hybridized carbons (Fsp3) is 0.500. The maximum Gasteiger partial charge on any atom is 0.416 e. The van der Waals surface area contributed by atoms with E-state index in [4.69, 9.17) is 4.74 Å². The molecule has 1 fully saturated rings. The van der Waals surface area contributed by atoms with Gasteiger partial charge in [0.1, 0.15) is 5.75 Å². The highest BCUT2D eigenvalue weighted by Gasteiger charge is 2.30. The lowest BCUT2D eigenvalue weighted by molar-refractivity contribution is -0.137. The van der Waals surface area contributed by atoms with Crippen molar-refractivity contribution in [2.45, 2.75) is 31.5 Å². The summed E-state index contributed by atoms with van der Waals surface area (Å²) in [7, 11) is 2.05. The number of hydrogen-bond acceptors (Lipinski definition) is 5. The third kappa shape index (κ3) is 5.58. The fourth-order valence-corrected chi connectivity index (χ4v) is 3.51. The summed E-state index contributed by atoms with van der Waals surface area (Å²) in [5.41, 5.74) is -0.688. The third-order valence-electron chi connectivity index (χ3n) is 4.87. The van der Waals surface area contributed by atoms with Crippen LogP contribution >= 0.6 is 0 Å². The Labute approximate surface area is 163 Å². The summed E-state index contributed by atoms with van der Waals surface area (Å²) in [6.07, 6.45) is 0.307. The number of benzene rings is 1. The van der Waals surface area contributed by atoms with Gasteiger partial charge in [-0.3, -0.25) is 0 Å². The van der Waals surface area contributed by atoms with Gasteiger partial charge in [-0.05, 0) is 56.6 Å². The number of ether oxygens (including phenoxy) is 1. The van der Waals surface area contributed by atoms with Gasteiger partial charge in [0.05, 0.1) is 12.2 Å². The Morgan fingerprint density at radius 2 is 2.11 bits per heavy atom. The SMILES string of the molecule is CN(CCCOc1cccc(C(F)(F)F)c1)CC1CCCN1c1cccnn1. The van der Waals surface area contributed by atoms with Gasteiger partial charge in [0.15, 0.2) is 5.82 Å². The van der Waals surface area contributed by atoms with Crippen molar-refractivity contribution in [1.29, 1.82) is 0 Å². The molecule has 1 unspecified atom stereocenters. The zero-order valence-electron chi connectivity index (χ0n) is 15.9. The van der Waals surface area contributed by atoms with Gasteiger partial charge in [0.25, 0.3) is 0 Å². The number of likely N-dealkylation sites (N-methyl/N-ethyl adjacent to an activating group) is 1. The van der Waals surface area contributed by atoms with E-state index in [1.54, 1.807) is 12.3 Å². The highest BCUT2D eigenvalue weighted by atomic mass is 19.4. The molecule has 1 aromatic heterocycles. The molecule has 1 aromatic carbocycles. The van der Waals surface area contributed by atoms with Gasteiger partial charge >= 0.3 is 6.18 Å². The van der Waals surface area contributed by atoms with Crippen LogP contribution in [0.3, 0.4) is 0 Å². The van der Waals surface area contributed by atoms with Crippen LogP contribution in [0.2, 0.25) is 0 Å². The molecule has 0 N–H and O–H groups in total. The first kappa shape index (κ1) is 20.4. The van der Waals surface area contributed by atoms with Gasteiger partial charge in [-0.2, -0.15) is 18.3 Å². The smallest absolute Gasteiger partial charge is 0.416 e. The number of nitrogens with zero attached hydrogens (tertiary/aromatic N) is 4. The minimum absolute atomic E-state index is 0.252. The molecule has 0 aliphatic carbocycles. The maximum absolute atomic E-state index is 12.7. The predicted octanol–water partition coefficient (Wildman–Crippen LogP) is 3.87. The molecule has 8 heteroatoms. The normalized spacial score (nSPS) is 17.3. The van der Waals surface area contributed by atoms with Gasteiger partial charge in [-0.15, -0.1) is 5.10 Å². The van der Waals surface area contributed by atoms with E-state index in [0.29, 0.717) is 12.6 Å². The zero-order chi connectivity index (χ0) is 20.0. The van der Waals surface area contributed by atoms with E-state index in [1.165, 1.54) is 6.07 Å². The number of anilines is 1. The summed E-state index contributed by atoms with van der Waals surface area (Å²) in [6.45, 7) is 3.07. The lowest BCUT2D eigenvalue weighted by atomic mass is 10.2. The molecule has 0 bridgehead atoms. The molecule has 0 radical (unpaired) electrons. The van der Waals surface area contributed by atoms with Crippen LogP contribution in [0.15, 0.2) is 42.6 Å². The topological polar surface area (TPSA) is 41.5 Å². The largest absolute Gasteiger partial charge is 0.494 e. The van der Waals surface area contributed by atoms with Crippen molar-refractivity contribution in [3.63, 3.8) is 0 Å². The van der Waals surface area contributed by atoms with E-state index >= 15 is 0 Å². The van der Waals surface area contributed by atoms with Crippen molar-refractivity contribution in [3.8, 4) is 5.75 Å². The summed E-state index contributed by atoms with van der Waals surface area (Å²) in [4.78, 5) is 4.53. The minimum Gasteiger partial charge on any atom is -0.494 e. The van der Waals surface area contributed by atoms with Crippen LogP contribution in [0.1, 0.15) is 24.8 Å². The average Bonchev–Trinajstić information content (AvgIpc) is 3.13. The third-order valence-corrected chi connectivity index (χ3v) is 4.87. The Bertz CT molecular complexity index is 742. The van der Waals surface area contributed by atoms with Crippen LogP contribution < -0.4 is 9.64 Å². The van der Waals surface area contributed by atoms with E-state index in [2.05, 4.69) is 27.0 Å². The van der Waals surface area contributed by atoms with Crippen LogP contribution in [0.5, 0.6) is 5.75 Å². The van der Waals surface area contributed by atoms with Crippen molar-refractivity contribution < 1.29 is 17.9 Å². The minimum atomic E-state index is -4.35. The Hall–Kier alpha value is -2.35. The molecule has 2 heterocycles. The van der Waals surface area contributed by atoms with Crippen molar-refractivity contribution in [1.82, 2.24) is 15.1 Å². The molecular weight excluding hydrogens is 369 g/mol. The van der Waals surface area contributed by atoms with Crippen LogP contribution in [0.25, 0.3) is 0 Å². The number of alkyl halides is 3. The van der Waals surface area contributed by atoms with Gasteiger partial charge in [-0.25, -0.2) is 0 Å². The van der Waals surface area contributed by atoms with E-state index in [1.807, 2.05) is 12.1 Å². The van der Waals surface area contributed by atoms with E-state index in [0.717, 1.165) is 56.8 Å². The molecule has 0 spiro atoms. The Balaban J connectivity index is 1.42. The lowest BCUT2D eigenvalue weighted by Crippen LogP contribution is -2.39. The van der Waals surface area contributed by atoms with Crippen molar-refractivity contribution in [3.05, 3.63) is 48.2 Å². The molecule has 1 atom stereocenters. The van der Waals surface area contributed by atoms with Gasteiger partial charge in [0.2, 0.25) is 0 Å². The second kappa shape index (κ2) is 9.23. The second-order valence-electron chi connectivity index (χ2n) is 7.06. The van der Waals surface area contributed by atoms with Gasteiger partial charge in [-0.1, -0.05) is 6.07 Å². The standard InChI is InChI=1S/C20H25F3N4O/c1-26(15-17-7-4-12-27(17)19-9-3-10-24-25-19)11-5-13-28-18-8-2-6-16(14-18)20(21,22)23/h2-3,6,8-10,14,17H,4-5,7,11-13,15H2,1H3. The Morgan fingerprint density at radius 1 is 1.25 bits per heavy atom. The quantitative estimate of drug-likeness (QED) is 0.636. The Kier molecular flexibility index (Phi) is 6.72. The molecule has 5 nitrogen and oxygen atoms in total. The first-order valence-electron chi connectivity index (χ1n) is 9.46. The number of hydrogen-bond donors (Lipinski definition) is 0. The van der Waals surface area contributed by atoms with E-state index < -0.39 is 11.7 Å². The van der Waals surface area contributed by atoms with Crippen molar-refractivity contribution in [2.75, 3.05) is 38.2 Å². The highest BCUT2D eigenvalue weighted by Crippen LogP contribution is 2.31. The molecule has 1 aliphatic rings. The summed E-state index contributed by atoms with van der Waals surface area (Å²) >= 11 is 0. The van der Waals surface area contributed by atoms with Crippen molar-refractivity contribution >= 4 is 5.82 Å². The predicted molar refractivity (Wildman–Crippen MR) is 101 cm³/mol. The maximum atomic E-state index is 12.7. The number of halogens is 3. The first-order chi connectivity index (χ1) is 13.4. The molecule has 2 aromatic rings. The molecule has 0 saturated carbocycles. The van der Waals surface area contributed by atoms with Crippen LogP contribution in [0.4, 0.5) is 19.0 Å². The summed E-state index contributed by atoms with van der Waals surface area (Å²) in [5, 5.41) is 8.17. The molecule has 3 rings (SSSR count). The van der Waals surface area contributed by atoms with Crippen LogP contribution in [0, 0.1) is 0 Å². The van der Waals surface area contributed by atoms with Crippen LogP contribution in [-0.2, 0) is 6.18 Å². The number of rotatable bonds is 8. The molecule has 1 saturated heterocycles. The van der Waals surface area contributed by atoms with Crippen LogP contribution in [-0.4, -0.2) is 54.4 Å². The fourth-order valence-electron chi connectivity index (χ4n) is 3.51. The first-order valence-corrected chi connectivity index (χ1v) is 9.46. The van der Waals surface area contributed by atoms with Gasteiger partial charge in [0, 0.05) is 31.9 Å². The summed E-state index contributed by atoms with van der Waals surface area (Å²) in [5.74, 6) is 1.16. The zero-order valence-corrected chi connectivity index (χ0v) is 15.9. The summed E-state index contributed by atoms with van der Waals surface area (Å²) < 4.78 is 43.7. The Morgan fingerprint density at radius 3 is 2.86 bits per heavy atom. The summed E-state index contributed by atoms with van der Waals surface area (Å²) in [6, 6.07) is 9.28.